The Hall–Kier alpha value is -3.62. The van der Waals surface area contributed by atoms with Crippen molar-refractivity contribution in [2.24, 2.45) is 5.73 Å². The predicted molar refractivity (Wildman–Crippen MR) is 117 cm³/mol. The summed E-state index contributed by atoms with van der Waals surface area (Å²) < 4.78 is 27.0. The van der Waals surface area contributed by atoms with E-state index in [9.17, 15) is 9.59 Å². The van der Waals surface area contributed by atoms with E-state index in [-0.39, 0.29) is 35.8 Å². The molecule has 0 aliphatic carbocycles. The van der Waals surface area contributed by atoms with Crippen molar-refractivity contribution < 1.29 is 33.3 Å². The average molecular weight is 444 g/mol. The summed E-state index contributed by atoms with van der Waals surface area (Å²) in [5, 5.41) is 0. The van der Waals surface area contributed by atoms with Gasteiger partial charge in [0.25, 0.3) is 11.8 Å². The molecule has 172 valence electrons. The number of benzene rings is 2. The van der Waals surface area contributed by atoms with E-state index in [1.54, 1.807) is 26.4 Å². The molecule has 9 nitrogen and oxygen atoms in total. The highest BCUT2D eigenvalue weighted by Crippen LogP contribution is 2.42. The van der Waals surface area contributed by atoms with Gasteiger partial charge in [-0.3, -0.25) is 9.59 Å². The summed E-state index contributed by atoms with van der Waals surface area (Å²) in [7, 11) is 6.08. The van der Waals surface area contributed by atoms with Crippen molar-refractivity contribution in [1.29, 1.82) is 0 Å². The second-order valence-electron chi connectivity index (χ2n) is 7.23. The molecule has 1 heterocycles. The largest absolute Gasteiger partial charge is 0.497 e. The predicted octanol–water partition coefficient (Wildman–Crippen LogP) is 2.56. The molecule has 0 bridgehead atoms. The molecule has 3 rings (SSSR count). The van der Waals surface area contributed by atoms with Crippen molar-refractivity contribution >= 4 is 11.8 Å². The Morgan fingerprint density at radius 1 is 0.969 bits per heavy atom. The van der Waals surface area contributed by atoms with E-state index >= 15 is 0 Å². The lowest BCUT2D eigenvalue weighted by molar-refractivity contribution is -0.120. The smallest absolute Gasteiger partial charge is 0.255 e. The van der Waals surface area contributed by atoms with Crippen LogP contribution in [0.3, 0.4) is 0 Å². The first-order chi connectivity index (χ1) is 15.4. The standard InChI is InChI=1S/C23H28N2O7/c1-28-15-7-8-16(18(12-15)29-2)17-6-5-9-25(17)23(27)14-10-19(30-3)22(20(11-14)31-4)32-13-21(24)26/h7-8,10-12,17H,5-6,9,13H2,1-4H3,(H2,24,26)/t17-/m1/s1. The van der Waals surface area contributed by atoms with Gasteiger partial charge >= 0.3 is 0 Å². The van der Waals surface area contributed by atoms with E-state index < -0.39 is 5.91 Å². The van der Waals surface area contributed by atoms with Crippen LogP contribution < -0.4 is 29.4 Å². The third-order valence-electron chi connectivity index (χ3n) is 5.38. The zero-order valence-electron chi connectivity index (χ0n) is 18.7. The Balaban J connectivity index is 1.95. The SMILES string of the molecule is COc1ccc([C@H]2CCCN2C(=O)c2cc(OC)c(OCC(N)=O)c(OC)c2)c(OC)c1. The number of nitrogens with zero attached hydrogens (tertiary/aromatic N) is 1. The molecular formula is C23H28N2O7. The van der Waals surface area contributed by atoms with Crippen LogP contribution in [-0.2, 0) is 4.79 Å². The number of rotatable bonds is 9. The van der Waals surface area contributed by atoms with E-state index in [1.165, 1.54) is 14.2 Å². The van der Waals surface area contributed by atoms with Gasteiger partial charge in [-0.2, -0.15) is 0 Å². The normalized spacial score (nSPS) is 15.2. The minimum Gasteiger partial charge on any atom is -0.497 e. The van der Waals surface area contributed by atoms with E-state index in [1.807, 2.05) is 23.1 Å². The Labute approximate surface area is 186 Å². The molecule has 32 heavy (non-hydrogen) atoms. The van der Waals surface area contributed by atoms with Gasteiger partial charge in [0.1, 0.15) is 11.5 Å². The monoisotopic (exact) mass is 444 g/mol. The summed E-state index contributed by atoms with van der Waals surface area (Å²) in [6.45, 7) is 0.259. The lowest BCUT2D eigenvalue weighted by Crippen LogP contribution is -2.31. The summed E-state index contributed by atoms with van der Waals surface area (Å²) in [6.07, 6.45) is 1.67. The first kappa shape index (κ1) is 23.1. The summed E-state index contributed by atoms with van der Waals surface area (Å²) >= 11 is 0. The second kappa shape index (κ2) is 10.1. The lowest BCUT2D eigenvalue weighted by Gasteiger charge is -2.27. The van der Waals surface area contributed by atoms with Crippen LogP contribution in [0.5, 0.6) is 28.7 Å². The van der Waals surface area contributed by atoms with E-state index in [0.717, 1.165) is 18.4 Å². The first-order valence-corrected chi connectivity index (χ1v) is 10.1. The Bertz CT molecular complexity index is 967. The fraction of sp³-hybridized carbons (Fsp3) is 0.391. The number of nitrogens with two attached hydrogens (primary N) is 1. The number of carbonyl (C=O) groups excluding carboxylic acids is 2. The Morgan fingerprint density at radius 3 is 2.19 bits per heavy atom. The van der Waals surface area contributed by atoms with Crippen LogP contribution in [0.25, 0.3) is 0 Å². The van der Waals surface area contributed by atoms with Crippen LogP contribution in [0.1, 0.15) is 34.8 Å². The minimum absolute atomic E-state index is 0.147. The Morgan fingerprint density at radius 2 is 1.62 bits per heavy atom. The summed E-state index contributed by atoms with van der Waals surface area (Å²) in [6, 6.07) is 8.59. The van der Waals surface area contributed by atoms with Crippen molar-refractivity contribution in [2.45, 2.75) is 18.9 Å². The second-order valence-corrected chi connectivity index (χ2v) is 7.23. The fourth-order valence-electron chi connectivity index (χ4n) is 3.88. The van der Waals surface area contributed by atoms with Gasteiger partial charge in [0.05, 0.1) is 34.5 Å². The molecule has 2 amide bonds. The molecule has 0 radical (unpaired) electrons. The van der Waals surface area contributed by atoms with Crippen molar-refractivity contribution in [1.82, 2.24) is 4.90 Å². The summed E-state index contributed by atoms with van der Waals surface area (Å²) in [4.78, 5) is 26.4. The Kier molecular flexibility index (Phi) is 7.29. The van der Waals surface area contributed by atoms with Crippen LogP contribution in [0.15, 0.2) is 30.3 Å². The number of likely N-dealkylation sites (tertiary alicyclic amines) is 1. The van der Waals surface area contributed by atoms with Crippen LogP contribution in [0.4, 0.5) is 0 Å². The zero-order chi connectivity index (χ0) is 23.3. The highest BCUT2D eigenvalue weighted by molar-refractivity contribution is 5.96. The van der Waals surface area contributed by atoms with Gasteiger partial charge < -0.3 is 34.3 Å². The molecule has 0 saturated carbocycles. The van der Waals surface area contributed by atoms with Crippen LogP contribution >= 0.6 is 0 Å². The highest BCUT2D eigenvalue weighted by atomic mass is 16.5. The number of hydrogen-bond donors (Lipinski definition) is 1. The van der Waals surface area contributed by atoms with Crippen molar-refractivity contribution in [3.8, 4) is 28.7 Å². The molecule has 0 aromatic heterocycles. The number of hydrogen-bond acceptors (Lipinski definition) is 7. The molecule has 1 aliphatic rings. The topological polar surface area (TPSA) is 110 Å². The third kappa shape index (κ3) is 4.66. The van der Waals surface area contributed by atoms with E-state index in [2.05, 4.69) is 0 Å². The third-order valence-corrected chi connectivity index (χ3v) is 5.38. The molecule has 2 N–H and O–H groups in total. The number of amides is 2. The maximum absolute atomic E-state index is 13.5. The molecule has 0 spiro atoms. The van der Waals surface area contributed by atoms with Gasteiger partial charge in [0, 0.05) is 23.7 Å². The quantitative estimate of drug-likeness (QED) is 0.633. The fourth-order valence-corrected chi connectivity index (χ4v) is 3.88. The van der Waals surface area contributed by atoms with Gasteiger partial charge in [0.2, 0.25) is 5.75 Å². The molecule has 2 aromatic rings. The highest BCUT2D eigenvalue weighted by Gasteiger charge is 2.33. The number of primary amides is 1. The minimum atomic E-state index is -0.636. The molecule has 1 aliphatic heterocycles. The summed E-state index contributed by atoms with van der Waals surface area (Å²) in [5.41, 5.74) is 6.47. The number of ether oxygens (including phenoxy) is 5. The van der Waals surface area contributed by atoms with Crippen molar-refractivity contribution in [3.63, 3.8) is 0 Å². The molecule has 1 atom stereocenters. The van der Waals surface area contributed by atoms with Gasteiger partial charge in [0.15, 0.2) is 18.1 Å². The van der Waals surface area contributed by atoms with Crippen molar-refractivity contribution in [3.05, 3.63) is 41.5 Å². The molecule has 9 heteroatoms. The van der Waals surface area contributed by atoms with Crippen LogP contribution in [0.2, 0.25) is 0 Å². The van der Waals surface area contributed by atoms with Crippen LogP contribution in [-0.4, -0.2) is 58.3 Å². The van der Waals surface area contributed by atoms with E-state index in [4.69, 9.17) is 29.4 Å². The number of carbonyl (C=O) groups is 2. The summed E-state index contributed by atoms with van der Waals surface area (Å²) in [5.74, 6) is 1.28. The van der Waals surface area contributed by atoms with Gasteiger partial charge in [-0.1, -0.05) is 0 Å². The molecule has 0 unspecified atom stereocenters. The van der Waals surface area contributed by atoms with E-state index in [0.29, 0.717) is 23.6 Å². The molecule has 2 aromatic carbocycles. The molecule has 1 saturated heterocycles. The zero-order valence-corrected chi connectivity index (χ0v) is 18.7. The maximum Gasteiger partial charge on any atom is 0.255 e. The van der Waals surface area contributed by atoms with Gasteiger partial charge in [-0.15, -0.1) is 0 Å². The van der Waals surface area contributed by atoms with Crippen molar-refractivity contribution in [2.75, 3.05) is 41.6 Å². The molecular weight excluding hydrogens is 416 g/mol. The van der Waals surface area contributed by atoms with Gasteiger partial charge in [-0.05, 0) is 37.1 Å². The van der Waals surface area contributed by atoms with Crippen LogP contribution in [0, 0.1) is 0 Å². The number of methoxy groups -OCH3 is 4. The first-order valence-electron chi connectivity index (χ1n) is 10.1. The maximum atomic E-state index is 13.5. The average Bonchev–Trinajstić information content (AvgIpc) is 3.30. The molecule has 1 fully saturated rings. The van der Waals surface area contributed by atoms with Gasteiger partial charge in [-0.25, -0.2) is 0 Å². The lowest BCUT2D eigenvalue weighted by atomic mass is 10.0.